The number of halogens is 3. The lowest BCUT2D eigenvalue weighted by atomic mass is 9.94. The summed E-state index contributed by atoms with van der Waals surface area (Å²) in [6.45, 7) is 1.21. The van der Waals surface area contributed by atoms with Crippen LogP contribution in [0.5, 0.6) is 5.75 Å². The van der Waals surface area contributed by atoms with Gasteiger partial charge >= 0.3 is 0 Å². The lowest BCUT2D eigenvalue weighted by Crippen LogP contribution is -2.35. The van der Waals surface area contributed by atoms with Gasteiger partial charge in [0.2, 0.25) is 0 Å². The van der Waals surface area contributed by atoms with Crippen LogP contribution in [0.2, 0.25) is 0 Å². The molecule has 2 aliphatic rings. The average Bonchev–Trinajstić information content (AvgIpc) is 3.14. The van der Waals surface area contributed by atoms with E-state index in [9.17, 15) is 8.78 Å². The zero-order valence-electron chi connectivity index (χ0n) is 13.1. The first-order valence-electron chi connectivity index (χ1n) is 7.89. The van der Waals surface area contributed by atoms with E-state index in [2.05, 4.69) is 15.9 Å². The minimum absolute atomic E-state index is 0.0103. The fourth-order valence-electron chi connectivity index (χ4n) is 3.09. The lowest BCUT2D eigenvalue weighted by molar-refractivity contribution is -0.0977. The molecule has 0 saturated carbocycles. The van der Waals surface area contributed by atoms with Gasteiger partial charge in [-0.15, -0.1) is 11.8 Å². The molecule has 2 aliphatic heterocycles. The summed E-state index contributed by atoms with van der Waals surface area (Å²) in [4.78, 5) is 0.952. The molecule has 1 saturated heterocycles. The standard InChI is InChI=1S/C18H15BrF2O3S/c19-10-1-3-11(4-2-10)25-17-12(18-22-7-8-23-18)9-24-16-14(21)6-5-13(20)15(16)17/h1-6,12,17-18H,7-9H2/t12-,17+/m1/s1. The van der Waals surface area contributed by atoms with Crippen LogP contribution in [0.15, 0.2) is 45.8 Å². The monoisotopic (exact) mass is 428 g/mol. The molecule has 132 valence electrons. The van der Waals surface area contributed by atoms with Crippen molar-refractivity contribution in [3.63, 3.8) is 0 Å². The number of hydrogen-bond donors (Lipinski definition) is 0. The zero-order chi connectivity index (χ0) is 17.4. The summed E-state index contributed by atoms with van der Waals surface area (Å²) in [6, 6.07) is 9.96. The third kappa shape index (κ3) is 3.43. The van der Waals surface area contributed by atoms with Crippen molar-refractivity contribution in [3.8, 4) is 5.75 Å². The molecule has 2 heterocycles. The van der Waals surface area contributed by atoms with Gasteiger partial charge < -0.3 is 14.2 Å². The van der Waals surface area contributed by atoms with Crippen molar-refractivity contribution >= 4 is 27.7 Å². The van der Waals surface area contributed by atoms with Crippen molar-refractivity contribution in [2.24, 2.45) is 5.92 Å². The molecular weight excluding hydrogens is 414 g/mol. The quantitative estimate of drug-likeness (QED) is 0.691. The molecule has 2 aromatic carbocycles. The number of hydrogen-bond acceptors (Lipinski definition) is 4. The molecule has 7 heteroatoms. The van der Waals surface area contributed by atoms with Crippen LogP contribution < -0.4 is 4.74 Å². The summed E-state index contributed by atoms with van der Waals surface area (Å²) >= 11 is 4.87. The SMILES string of the molecule is Fc1ccc(F)c2c1OC[C@@H](C1OCCO1)[C@@H]2Sc1ccc(Br)cc1. The Balaban J connectivity index is 1.74. The van der Waals surface area contributed by atoms with Crippen LogP contribution in [0.4, 0.5) is 8.78 Å². The molecule has 3 nitrogen and oxygen atoms in total. The Labute approximate surface area is 156 Å². The Hall–Kier alpha value is -1.15. The molecule has 0 bridgehead atoms. The molecule has 2 atom stereocenters. The largest absolute Gasteiger partial charge is 0.490 e. The molecule has 0 N–H and O–H groups in total. The van der Waals surface area contributed by atoms with Crippen LogP contribution >= 0.6 is 27.7 Å². The van der Waals surface area contributed by atoms with Gasteiger partial charge in [0, 0.05) is 14.9 Å². The molecule has 0 radical (unpaired) electrons. The summed E-state index contributed by atoms with van der Waals surface area (Å²) in [5.74, 6) is -1.28. The van der Waals surface area contributed by atoms with Gasteiger partial charge in [0.25, 0.3) is 0 Å². The first-order valence-corrected chi connectivity index (χ1v) is 9.57. The zero-order valence-corrected chi connectivity index (χ0v) is 15.5. The van der Waals surface area contributed by atoms with Crippen molar-refractivity contribution < 1.29 is 23.0 Å². The molecule has 0 aromatic heterocycles. The van der Waals surface area contributed by atoms with E-state index in [0.29, 0.717) is 13.2 Å². The number of benzene rings is 2. The predicted molar refractivity (Wildman–Crippen MR) is 93.8 cm³/mol. The Morgan fingerprint density at radius 1 is 0.960 bits per heavy atom. The highest BCUT2D eigenvalue weighted by molar-refractivity contribution is 9.10. The summed E-state index contributed by atoms with van der Waals surface area (Å²) in [5.41, 5.74) is 0.239. The number of ether oxygens (including phenoxy) is 3. The smallest absolute Gasteiger partial charge is 0.165 e. The number of rotatable bonds is 3. The van der Waals surface area contributed by atoms with E-state index >= 15 is 0 Å². The van der Waals surface area contributed by atoms with Crippen molar-refractivity contribution in [1.82, 2.24) is 0 Å². The highest BCUT2D eigenvalue weighted by Crippen LogP contribution is 2.50. The Bertz CT molecular complexity index is 766. The van der Waals surface area contributed by atoms with E-state index in [1.807, 2.05) is 24.3 Å². The summed E-state index contributed by atoms with van der Waals surface area (Å²) in [5, 5.41) is -0.372. The number of thioether (sulfide) groups is 1. The maximum Gasteiger partial charge on any atom is 0.165 e. The van der Waals surface area contributed by atoms with Crippen molar-refractivity contribution in [2.45, 2.75) is 16.4 Å². The minimum atomic E-state index is -0.551. The van der Waals surface area contributed by atoms with Gasteiger partial charge in [-0.3, -0.25) is 0 Å². The second-order valence-corrected chi connectivity index (χ2v) is 7.98. The van der Waals surface area contributed by atoms with Crippen LogP contribution in [-0.4, -0.2) is 26.1 Å². The fourth-order valence-corrected chi connectivity index (χ4v) is 4.66. The van der Waals surface area contributed by atoms with Crippen molar-refractivity contribution in [3.05, 3.63) is 58.1 Å². The molecule has 4 rings (SSSR count). The molecule has 1 fully saturated rings. The van der Waals surface area contributed by atoms with Crippen LogP contribution in [0.25, 0.3) is 0 Å². The van der Waals surface area contributed by atoms with Gasteiger partial charge in [0.05, 0.1) is 31.0 Å². The Morgan fingerprint density at radius 2 is 1.64 bits per heavy atom. The molecule has 0 unspecified atom stereocenters. The van der Waals surface area contributed by atoms with Gasteiger partial charge in [0.15, 0.2) is 17.9 Å². The third-order valence-electron chi connectivity index (χ3n) is 4.26. The first kappa shape index (κ1) is 17.3. The lowest BCUT2D eigenvalue weighted by Gasteiger charge is -2.35. The molecular formula is C18H15BrF2O3S. The molecule has 2 aromatic rings. The Kier molecular flexibility index (Phi) is 4.99. The molecule has 25 heavy (non-hydrogen) atoms. The molecule has 0 amide bonds. The number of fused-ring (bicyclic) bond motifs is 1. The first-order chi connectivity index (χ1) is 12.1. The van der Waals surface area contributed by atoms with Gasteiger partial charge in [-0.1, -0.05) is 15.9 Å². The van der Waals surface area contributed by atoms with Crippen molar-refractivity contribution in [1.29, 1.82) is 0 Å². The second kappa shape index (κ2) is 7.23. The van der Waals surface area contributed by atoms with Gasteiger partial charge in [-0.25, -0.2) is 8.78 Å². The van der Waals surface area contributed by atoms with Crippen LogP contribution in [0.1, 0.15) is 10.8 Å². The minimum Gasteiger partial charge on any atom is -0.490 e. The third-order valence-corrected chi connectivity index (χ3v) is 6.17. The van der Waals surface area contributed by atoms with Crippen LogP contribution in [0, 0.1) is 17.6 Å². The van der Waals surface area contributed by atoms with E-state index < -0.39 is 17.9 Å². The molecule has 0 aliphatic carbocycles. The van der Waals surface area contributed by atoms with Gasteiger partial charge in [-0.05, 0) is 36.4 Å². The average molecular weight is 429 g/mol. The maximum atomic E-state index is 14.6. The van der Waals surface area contributed by atoms with E-state index in [1.54, 1.807) is 0 Å². The summed E-state index contributed by atoms with van der Waals surface area (Å²) < 4.78 is 46.5. The topological polar surface area (TPSA) is 27.7 Å². The van der Waals surface area contributed by atoms with E-state index in [0.717, 1.165) is 21.5 Å². The van der Waals surface area contributed by atoms with E-state index in [1.165, 1.54) is 11.8 Å². The summed E-state index contributed by atoms with van der Waals surface area (Å²) in [6.07, 6.45) is -0.483. The van der Waals surface area contributed by atoms with Crippen LogP contribution in [0.3, 0.4) is 0 Å². The molecule has 0 spiro atoms. The van der Waals surface area contributed by atoms with Gasteiger partial charge in [0.1, 0.15) is 5.82 Å². The highest BCUT2D eigenvalue weighted by Gasteiger charge is 2.42. The normalized spacial score (nSPS) is 23.3. The van der Waals surface area contributed by atoms with Gasteiger partial charge in [-0.2, -0.15) is 0 Å². The highest BCUT2D eigenvalue weighted by atomic mass is 79.9. The van der Waals surface area contributed by atoms with Crippen LogP contribution in [-0.2, 0) is 9.47 Å². The predicted octanol–water partition coefficient (Wildman–Crippen LogP) is 4.94. The summed E-state index contributed by atoms with van der Waals surface area (Å²) in [7, 11) is 0. The van der Waals surface area contributed by atoms with E-state index in [4.69, 9.17) is 14.2 Å². The Morgan fingerprint density at radius 3 is 2.36 bits per heavy atom. The fraction of sp³-hybridized carbons (Fsp3) is 0.333. The second-order valence-electron chi connectivity index (χ2n) is 5.85. The van der Waals surface area contributed by atoms with E-state index in [-0.39, 0.29) is 29.1 Å². The maximum absolute atomic E-state index is 14.6. The van der Waals surface area contributed by atoms with Crippen molar-refractivity contribution in [2.75, 3.05) is 19.8 Å².